The summed E-state index contributed by atoms with van der Waals surface area (Å²) < 4.78 is 0. The molecule has 0 saturated carbocycles. The van der Waals surface area contributed by atoms with Gasteiger partial charge in [0.15, 0.2) is 0 Å². The molecule has 0 amide bonds. The maximum absolute atomic E-state index is 8.70. The highest BCUT2D eigenvalue weighted by Gasteiger charge is 2.28. The smallest absolute Gasteiger partial charge is 0.427 e. The third-order valence-electron chi connectivity index (χ3n) is 2.03. The molecule has 0 saturated heterocycles. The van der Waals surface area contributed by atoms with Crippen molar-refractivity contribution in [3.05, 3.63) is 24.3 Å². The lowest BCUT2D eigenvalue weighted by Gasteiger charge is -2.27. The Hall–Kier alpha value is -0.485. The molecule has 0 aromatic heterocycles. The van der Waals surface area contributed by atoms with E-state index < -0.39 is 12.7 Å². The first kappa shape index (κ1) is 10.6. The van der Waals surface area contributed by atoms with Crippen LogP contribution in [0, 0.1) is 0 Å². The maximum atomic E-state index is 8.70. The largest absolute Gasteiger partial charge is 0.451 e. The molecule has 1 aliphatic rings. The second-order valence-corrected chi connectivity index (χ2v) is 3.58. The van der Waals surface area contributed by atoms with Crippen LogP contribution in [0.5, 0.6) is 0 Å². The Morgan fingerprint density at radius 1 is 1.46 bits per heavy atom. The molecule has 3 nitrogen and oxygen atoms in total. The van der Waals surface area contributed by atoms with Gasteiger partial charge in [-0.3, -0.25) is 0 Å². The van der Waals surface area contributed by atoms with Crippen molar-refractivity contribution in [2.75, 3.05) is 0 Å². The molecule has 0 aromatic carbocycles. The molecule has 0 spiro atoms. The first-order chi connectivity index (χ1) is 6.04. The Kier molecular flexibility index (Phi) is 3.38. The van der Waals surface area contributed by atoms with Crippen LogP contribution in [0.15, 0.2) is 24.3 Å². The van der Waals surface area contributed by atoms with E-state index in [2.05, 4.69) is 0 Å². The van der Waals surface area contributed by atoms with E-state index in [0.29, 0.717) is 11.3 Å². The van der Waals surface area contributed by atoms with Gasteiger partial charge in [0.05, 0.1) is 5.54 Å². The minimum absolute atomic E-state index is 0.231. The fourth-order valence-corrected chi connectivity index (χ4v) is 1.43. The number of allylic oxidation sites excluding steroid dienone is 2. The van der Waals surface area contributed by atoms with Crippen molar-refractivity contribution in [1.29, 1.82) is 0 Å². The third kappa shape index (κ3) is 2.74. The van der Waals surface area contributed by atoms with Crippen molar-refractivity contribution < 1.29 is 10.0 Å². The maximum Gasteiger partial charge on any atom is 0.451 e. The van der Waals surface area contributed by atoms with E-state index in [-0.39, 0.29) is 6.32 Å². The van der Waals surface area contributed by atoms with Crippen molar-refractivity contribution in [3.8, 4) is 0 Å². The van der Waals surface area contributed by atoms with Crippen LogP contribution < -0.4 is 5.73 Å². The van der Waals surface area contributed by atoms with Gasteiger partial charge in [-0.2, -0.15) is 0 Å². The molecule has 0 bridgehead atoms. The van der Waals surface area contributed by atoms with Gasteiger partial charge in [-0.1, -0.05) is 30.4 Å². The Bertz CT molecular complexity index is 265. The second-order valence-electron chi connectivity index (χ2n) is 3.14. The number of hydrogen-bond acceptors (Lipinski definition) is 4. The standard InChI is InChI=1S/C8H12BNO2S/c10-8(5-6-9(11)12)4-2-1-3-7(8)13/h1-4,11-12H,5-6,10H2. The zero-order valence-corrected chi connectivity index (χ0v) is 8.00. The van der Waals surface area contributed by atoms with Crippen molar-refractivity contribution in [2.24, 2.45) is 5.73 Å². The van der Waals surface area contributed by atoms with Crippen molar-refractivity contribution in [3.63, 3.8) is 0 Å². The Balaban J connectivity index is 2.60. The molecular formula is C8H12BNO2S. The number of rotatable bonds is 3. The van der Waals surface area contributed by atoms with E-state index in [9.17, 15) is 0 Å². The van der Waals surface area contributed by atoms with Crippen molar-refractivity contribution in [1.82, 2.24) is 0 Å². The molecule has 1 rings (SSSR count). The number of nitrogens with two attached hydrogens (primary N) is 1. The zero-order chi connectivity index (χ0) is 9.90. The van der Waals surface area contributed by atoms with E-state index in [1.54, 1.807) is 12.2 Å². The average Bonchev–Trinajstić information content (AvgIpc) is 2.07. The summed E-state index contributed by atoms with van der Waals surface area (Å²) in [7, 11) is -1.32. The van der Waals surface area contributed by atoms with Gasteiger partial charge in [-0.15, -0.1) is 0 Å². The number of thiocarbonyl (C=S) groups is 1. The molecule has 1 atom stereocenters. The molecule has 0 aromatic rings. The van der Waals surface area contributed by atoms with Crippen LogP contribution in [0.4, 0.5) is 0 Å². The van der Waals surface area contributed by atoms with Gasteiger partial charge >= 0.3 is 7.12 Å². The van der Waals surface area contributed by atoms with E-state index in [1.165, 1.54) is 0 Å². The van der Waals surface area contributed by atoms with Gasteiger partial charge in [0, 0.05) is 4.86 Å². The molecule has 0 fully saturated rings. The molecule has 1 unspecified atom stereocenters. The monoisotopic (exact) mass is 197 g/mol. The van der Waals surface area contributed by atoms with Gasteiger partial charge in [0.1, 0.15) is 0 Å². The van der Waals surface area contributed by atoms with Crippen LogP contribution in [-0.2, 0) is 0 Å². The number of hydrogen-bond donors (Lipinski definition) is 3. The van der Waals surface area contributed by atoms with Crippen LogP contribution in [-0.4, -0.2) is 27.6 Å². The van der Waals surface area contributed by atoms with Gasteiger partial charge in [0.2, 0.25) is 0 Å². The average molecular weight is 197 g/mol. The van der Waals surface area contributed by atoms with Crippen LogP contribution in [0.3, 0.4) is 0 Å². The van der Waals surface area contributed by atoms with E-state index in [4.69, 9.17) is 28.0 Å². The van der Waals surface area contributed by atoms with E-state index >= 15 is 0 Å². The molecule has 70 valence electrons. The molecule has 0 aliphatic heterocycles. The summed E-state index contributed by atoms with van der Waals surface area (Å²) in [5.41, 5.74) is 5.26. The van der Waals surface area contributed by atoms with Crippen LogP contribution >= 0.6 is 12.2 Å². The summed E-state index contributed by atoms with van der Waals surface area (Å²) in [4.78, 5) is 0.635. The van der Waals surface area contributed by atoms with Crippen LogP contribution in [0.1, 0.15) is 6.42 Å². The molecule has 0 heterocycles. The Morgan fingerprint density at radius 2 is 2.15 bits per heavy atom. The molecule has 4 N–H and O–H groups in total. The highest BCUT2D eigenvalue weighted by atomic mass is 32.1. The predicted octanol–water partition coefficient (Wildman–Crippen LogP) is 0.0427. The summed E-state index contributed by atoms with van der Waals surface area (Å²) in [5, 5.41) is 17.4. The summed E-state index contributed by atoms with van der Waals surface area (Å²) >= 11 is 5.07. The van der Waals surface area contributed by atoms with Gasteiger partial charge in [-0.05, 0) is 18.8 Å². The molecule has 1 aliphatic carbocycles. The van der Waals surface area contributed by atoms with Crippen LogP contribution in [0.25, 0.3) is 0 Å². The quantitative estimate of drug-likeness (QED) is 0.441. The van der Waals surface area contributed by atoms with Crippen molar-refractivity contribution >= 4 is 24.2 Å². The van der Waals surface area contributed by atoms with Gasteiger partial charge in [0.25, 0.3) is 0 Å². The normalized spacial score (nSPS) is 26.5. The summed E-state index contributed by atoms with van der Waals surface area (Å²) in [6.07, 6.45) is 7.87. The first-order valence-corrected chi connectivity index (χ1v) is 4.51. The highest BCUT2D eigenvalue weighted by molar-refractivity contribution is 7.81. The summed E-state index contributed by atoms with van der Waals surface area (Å²) in [5.74, 6) is 0. The lowest BCUT2D eigenvalue weighted by Crippen LogP contribution is -2.45. The van der Waals surface area contributed by atoms with Gasteiger partial charge in [-0.25, -0.2) is 0 Å². The SMILES string of the molecule is NC1(CCB(O)O)C=CC=CC1=S. The summed E-state index contributed by atoms with van der Waals surface area (Å²) in [6.45, 7) is 0. The molecular weight excluding hydrogens is 185 g/mol. The second kappa shape index (κ2) is 4.15. The first-order valence-electron chi connectivity index (χ1n) is 4.10. The molecule has 0 radical (unpaired) electrons. The Labute approximate surface area is 83.1 Å². The van der Waals surface area contributed by atoms with Crippen LogP contribution in [0.2, 0.25) is 6.32 Å². The van der Waals surface area contributed by atoms with E-state index in [1.807, 2.05) is 12.2 Å². The fraction of sp³-hybridized carbons (Fsp3) is 0.375. The Morgan fingerprint density at radius 3 is 2.69 bits per heavy atom. The lowest BCUT2D eigenvalue weighted by atomic mass is 9.76. The zero-order valence-electron chi connectivity index (χ0n) is 7.18. The van der Waals surface area contributed by atoms with Gasteiger partial charge < -0.3 is 15.8 Å². The van der Waals surface area contributed by atoms with Crippen molar-refractivity contribution in [2.45, 2.75) is 18.3 Å². The molecule has 5 heteroatoms. The minimum Gasteiger partial charge on any atom is -0.427 e. The highest BCUT2D eigenvalue weighted by Crippen LogP contribution is 2.19. The fourth-order valence-electron chi connectivity index (χ4n) is 1.18. The summed E-state index contributed by atoms with van der Waals surface area (Å²) in [6, 6.07) is 0. The van der Waals surface area contributed by atoms with E-state index in [0.717, 1.165) is 0 Å². The molecule has 13 heavy (non-hydrogen) atoms. The topological polar surface area (TPSA) is 66.5 Å². The predicted molar refractivity (Wildman–Crippen MR) is 57.4 cm³/mol. The lowest BCUT2D eigenvalue weighted by molar-refractivity contribution is 0.399. The third-order valence-corrected chi connectivity index (χ3v) is 2.54. The minimum atomic E-state index is -1.32.